The minimum absolute atomic E-state index is 0.00743. The van der Waals surface area contributed by atoms with E-state index in [1.54, 1.807) is 21.3 Å². The molecule has 3 heterocycles. The van der Waals surface area contributed by atoms with Crippen molar-refractivity contribution in [3.05, 3.63) is 69.6 Å². The molecule has 0 N–H and O–H groups in total. The van der Waals surface area contributed by atoms with Gasteiger partial charge in [0.25, 0.3) is 5.91 Å². The number of aryl methyl sites for hydroxylation is 2. The van der Waals surface area contributed by atoms with Crippen molar-refractivity contribution in [1.82, 2.24) is 14.7 Å². The number of hydrogen-bond acceptors (Lipinski definition) is 5. The standard InChI is InChI=1S/C32H43N3O5/c1-20-14-21(2)16-24(15-20)30(36)33-10-8-32(9-11-33)28-17-22(3)29-25(23(4)26(39-6)18-27(29)40-7)19-34(28)31(37)35(32)12-13-38-5/h14-18,22-23,26H,8-13,19H2,1-7H3. The van der Waals surface area contributed by atoms with E-state index < -0.39 is 5.54 Å². The third kappa shape index (κ3) is 4.65. The third-order valence-corrected chi connectivity index (χ3v) is 9.26. The molecule has 40 heavy (non-hydrogen) atoms. The van der Waals surface area contributed by atoms with Gasteiger partial charge in [0.1, 0.15) is 5.76 Å². The molecule has 2 fully saturated rings. The predicted octanol–water partition coefficient (Wildman–Crippen LogP) is 4.69. The van der Waals surface area contributed by atoms with Crippen LogP contribution in [0, 0.1) is 25.7 Å². The Hall–Kier alpha value is -3.10. The summed E-state index contributed by atoms with van der Waals surface area (Å²) in [7, 11) is 5.09. The van der Waals surface area contributed by atoms with Crippen LogP contribution in [0.2, 0.25) is 0 Å². The summed E-state index contributed by atoms with van der Waals surface area (Å²) >= 11 is 0. The average Bonchev–Trinajstić information content (AvgIpc) is 3.03. The summed E-state index contributed by atoms with van der Waals surface area (Å²) in [6.07, 6.45) is 5.58. The van der Waals surface area contributed by atoms with Crippen LogP contribution in [0.4, 0.5) is 4.79 Å². The van der Waals surface area contributed by atoms with Crippen LogP contribution in [-0.2, 0) is 14.2 Å². The number of carbonyl (C=O) groups is 2. The van der Waals surface area contributed by atoms with E-state index in [0.717, 1.165) is 33.7 Å². The quantitative estimate of drug-likeness (QED) is 0.515. The van der Waals surface area contributed by atoms with Crippen LogP contribution in [0.1, 0.15) is 48.2 Å². The van der Waals surface area contributed by atoms with Crippen molar-refractivity contribution in [2.24, 2.45) is 11.8 Å². The molecule has 216 valence electrons. The van der Waals surface area contributed by atoms with Crippen LogP contribution >= 0.6 is 0 Å². The molecule has 3 atom stereocenters. The molecular weight excluding hydrogens is 506 g/mol. The Labute approximate surface area is 238 Å². The van der Waals surface area contributed by atoms with Crippen molar-refractivity contribution in [2.45, 2.75) is 52.2 Å². The third-order valence-electron chi connectivity index (χ3n) is 9.26. The van der Waals surface area contributed by atoms with Crippen molar-refractivity contribution >= 4 is 11.9 Å². The molecule has 0 saturated carbocycles. The molecule has 2 saturated heterocycles. The van der Waals surface area contributed by atoms with Crippen molar-refractivity contribution in [2.75, 3.05) is 54.1 Å². The number of nitrogens with zero attached hydrogens (tertiary/aromatic N) is 3. The number of hydrogen-bond donors (Lipinski definition) is 0. The second-order valence-electron chi connectivity index (χ2n) is 11.7. The lowest BCUT2D eigenvalue weighted by Crippen LogP contribution is -2.55. The van der Waals surface area contributed by atoms with Crippen molar-refractivity contribution < 1.29 is 23.8 Å². The zero-order valence-corrected chi connectivity index (χ0v) is 25.0. The smallest absolute Gasteiger partial charge is 0.325 e. The fourth-order valence-electron chi connectivity index (χ4n) is 7.27. The largest absolute Gasteiger partial charge is 0.497 e. The molecule has 3 amide bonds. The number of methoxy groups -OCH3 is 3. The average molecular weight is 550 g/mol. The maximum absolute atomic E-state index is 14.1. The number of carbonyl (C=O) groups excluding carboxylic acids is 2. The van der Waals surface area contributed by atoms with Gasteiger partial charge in [-0.05, 0) is 50.5 Å². The van der Waals surface area contributed by atoms with Crippen molar-refractivity contribution in [1.29, 1.82) is 0 Å². The summed E-state index contributed by atoms with van der Waals surface area (Å²) in [5, 5.41) is 0. The van der Waals surface area contributed by atoms with Crippen molar-refractivity contribution in [3.63, 3.8) is 0 Å². The Morgan fingerprint density at radius 2 is 1.70 bits per heavy atom. The fourth-order valence-corrected chi connectivity index (χ4v) is 7.27. The highest BCUT2D eigenvalue weighted by atomic mass is 16.5. The van der Waals surface area contributed by atoms with Gasteiger partial charge in [-0.2, -0.15) is 0 Å². The van der Waals surface area contributed by atoms with Crippen LogP contribution in [0.5, 0.6) is 0 Å². The number of rotatable bonds is 6. The van der Waals surface area contributed by atoms with Gasteiger partial charge >= 0.3 is 6.03 Å². The lowest BCUT2D eigenvalue weighted by Gasteiger charge is -2.44. The zero-order valence-electron chi connectivity index (χ0n) is 25.0. The highest BCUT2D eigenvalue weighted by Crippen LogP contribution is 2.49. The Kier molecular flexibility index (Phi) is 7.86. The first-order chi connectivity index (χ1) is 19.1. The molecule has 1 spiro atoms. The molecular formula is C32H43N3O5. The number of piperidine rings is 1. The second-order valence-corrected chi connectivity index (χ2v) is 11.7. The highest BCUT2D eigenvalue weighted by Gasteiger charge is 2.56. The molecule has 8 heteroatoms. The number of benzene rings is 1. The Bertz CT molecular complexity index is 1250. The monoisotopic (exact) mass is 549 g/mol. The number of ether oxygens (including phenoxy) is 3. The molecule has 1 aliphatic carbocycles. The molecule has 0 bridgehead atoms. The van der Waals surface area contributed by atoms with Crippen LogP contribution in [-0.4, -0.2) is 92.4 Å². The van der Waals surface area contributed by atoms with Crippen LogP contribution in [0.3, 0.4) is 0 Å². The molecule has 0 aromatic heterocycles. The van der Waals surface area contributed by atoms with E-state index in [-0.39, 0.29) is 29.9 Å². The maximum atomic E-state index is 14.1. The first kappa shape index (κ1) is 28.4. The first-order valence-corrected chi connectivity index (χ1v) is 14.3. The molecule has 1 aromatic carbocycles. The van der Waals surface area contributed by atoms with Gasteiger partial charge < -0.3 is 24.0 Å². The van der Waals surface area contributed by atoms with Gasteiger partial charge in [0, 0.05) is 69.1 Å². The minimum Gasteiger partial charge on any atom is -0.497 e. The molecule has 1 aromatic rings. The fraction of sp³-hybridized carbons (Fsp3) is 0.562. The summed E-state index contributed by atoms with van der Waals surface area (Å²) in [6, 6.07) is 6.02. The number of fused-ring (bicyclic) bond motifs is 2. The number of likely N-dealkylation sites (tertiary alicyclic amines) is 1. The lowest BCUT2D eigenvalue weighted by molar-refractivity contribution is 0.0513. The van der Waals surface area contributed by atoms with Gasteiger partial charge in [0.2, 0.25) is 0 Å². The van der Waals surface area contributed by atoms with Gasteiger partial charge in [-0.25, -0.2) is 4.79 Å². The summed E-state index contributed by atoms with van der Waals surface area (Å²) < 4.78 is 17.1. The first-order valence-electron chi connectivity index (χ1n) is 14.3. The molecule has 5 rings (SSSR count). The van der Waals surface area contributed by atoms with Gasteiger partial charge in [-0.1, -0.05) is 37.1 Å². The van der Waals surface area contributed by atoms with Crippen LogP contribution in [0.15, 0.2) is 53.0 Å². The van der Waals surface area contributed by atoms with E-state index >= 15 is 0 Å². The normalized spacial score (nSPS) is 25.9. The van der Waals surface area contributed by atoms with Crippen molar-refractivity contribution in [3.8, 4) is 0 Å². The van der Waals surface area contributed by atoms with Gasteiger partial charge in [0.05, 0.1) is 25.4 Å². The topological polar surface area (TPSA) is 71.6 Å². The Balaban J connectivity index is 1.48. The maximum Gasteiger partial charge on any atom is 0.325 e. The van der Waals surface area contributed by atoms with E-state index in [4.69, 9.17) is 14.2 Å². The summed E-state index contributed by atoms with van der Waals surface area (Å²) in [5.41, 5.74) is 5.80. The number of urea groups is 1. The Morgan fingerprint density at radius 3 is 2.30 bits per heavy atom. The van der Waals surface area contributed by atoms with E-state index in [1.165, 1.54) is 5.57 Å². The summed E-state index contributed by atoms with van der Waals surface area (Å²) in [4.78, 5) is 33.6. The number of allylic oxidation sites excluding steroid dienone is 2. The van der Waals surface area contributed by atoms with Gasteiger partial charge in [-0.15, -0.1) is 0 Å². The van der Waals surface area contributed by atoms with Crippen LogP contribution < -0.4 is 0 Å². The zero-order chi connectivity index (χ0) is 28.8. The molecule has 4 aliphatic rings. The summed E-state index contributed by atoms with van der Waals surface area (Å²) in [5.74, 6) is 1.06. The van der Waals surface area contributed by atoms with E-state index in [2.05, 4.69) is 32.1 Å². The molecule has 0 radical (unpaired) electrons. The van der Waals surface area contributed by atoms with E-state index in [9.17, 15) is 9.59 Å². The lowest BCUT2D eigenvalue weighted by atomic mass is 9.79. The molecule has 3 unspecified atom stereocenters. The van der Waals surface area contributed by atoms with E-state index in [1.807, 2.05) is 40.7 Å². The Morgan fingerprint density at radius 1 is 1.02 bits per heavy atom. The van der Waals surface area contributed by atoms with Crippen LogP contribution in [0.25, 0.3) is 0 Å². The van der Waals surface area contributed by atoms with E-state index in [0.29, 0.717) is 45.6 Å². The SMILES string of the molecule is COCCN1C(=O)N2CC3=C(C(OC)=CC(OC)C3C)C(C)C=C2C12CCN(C(=O)c1cc(C)cc(C)c1)CC2. The molecule has 8 nitrogen and oxygen atoms in total. The second kappa shape index (κ2) is 11.1. The molecule has 3 aliphatic heterocycles. The highest BCUT2D eigenvalue weighted by molar-refractivity contribution is 5.95. The van der Waals surface area contributed by atoms with Gasteiger partial charge in [0.15, 0.2) is 0 Å². The predicted molar refractivity (Wildman–Crippen MR) is 154 cm³/mol. The number of amides is 3. The van der Waals surface area contributed by atoms with Gasteiger partial charge in [-0.3, -0.25) is 9.69 Å². The summed E-state index contributed by atoms with van der Waals surface area (Å²) in [6.45, 7) is 11.0. The minimum atomic E-state index is -0.487.